The van der Waals surface area contributed by atoms with Gasteiger partial charge in [0.25, 0.3) is 0 Å². The fourth-order valence-corrected chi connectivity index (χ4v) is 4.53. The first-order valence-electron chi connectivity index (χ1n) is 11.0. The standard InChI is InChI=1S/C22H35N5O/c1-6-25-8-9-27-12-18(23-20(27)14-25)16(5)10-17-11-26(7-2)13-19-21(17)24-22(28-19)15(3)4/h12,15-17H,6-11,13-14H2,1-5H3. The van der Waals surface area contributed by atoms with Gasteiger partial charge in [0.2, 0.25) is 0 Å². The number of rotatable bonds is 6. The third-order valence-corrected chi connectivity index (χ3v) is 6.41. The Labute approximate surface area is 168 Å². The molecular weight excluding hydrogens is 350 g/mol. The minimum absolute atomic E-state index is 0.333. The second kappa shape index (κ2) is 7.99. The SMILES string of the molecule is CCN1CCn2cc(C(C)CC3CN(CC)Cc4oc(C(C)C)nc43)nc2C1. The molecule has 6 heteroatoms. The van der Waals surface area contributed by atoms with Gasteiger partial charge in [-0.15, -0.1) is 0 Å². The molecule has 28 heavy (non-hydrogen) atoms. The Morgan fingerprint density at radius 2 is 1.86 bits per heavy atom. The van der Waals surface area contributed by atoms with Crippen LogP contribution in [0.15, 0.2) is 10.6 Å². The molecule has 0 fully saturated rings. The van der Waals surface area contributed by atoms with Crippen molar-refractivity contribution in [3.8, 4) is 0 Å². The molecule has 0 radical (unpaired) electrons. The number of nitrogens with zero attached hydrogens (tertiary/aromatic N) is 5. The second-order valence-corrected chi connectivity index (χ2v) is 8.82. The summed E-state index contributed by atoms with van der Waals surface area (Å²) in [7, 11) is 0. The molecule has 154 valence electrons. The van der Waals surface area contributed by atoms with E-state index in [0.29, 0.717) is 17.8 Å². The number of oxazole rings is 1. The molecule has 2 aliphatic rings. The summed E-state index contributed by atoms with van der Waals surface area (Å²) < 4.78 is 8.49. The van der Waals surface area contributed by atoms with Gasteiger partial charge in [0.15, 0.2) is 5.89 Å². The molecule has 4 rings (SSSR count). The summed E-state index contributed by atoms with van der Waals surface area (Å²) in [6.07, 6.45) is 3.36. The van der Waals surface area contributed by atoms with Crippen molar-refractivity contribution in [1.29, 1.82) is 0 Å². The highest BCUT2D eigenvalue weighted by atomic mass is 16.4. The van der Waals surface area contributed by atoms with Crippen LogP contribution in [0, 0.1) is 0 Å². The highest BCUT2D eigenvalue weighted by molar-refractivity contribution is 5.22. The molecule has 0 aliphatic carbocycles. The zero-order valence-corrected chi connectivity index (χ0v) is 18.1. The molecule has 0 spiro atoms. The summed E-state index contributed by atoms with van der Waals surface area (Å²) >= 11 is 0. The van der Waals surface area contributed by atoms with Crippen LogP contribution in [0.25, 0.3) is 0 Å². The zero-order valence-electron chi connectivity index (χ0n) is 18.1. The smallest absolute Gasteiger partial charge is 0.197 e. The maximum Gasteiger partial charge on any atom is 0.197 e. The van der Waals surface area contributed by atoms with Crippen LogP contribution in [0.5, 0.6) is 0 Å². The fraction of sp³-hybridized carbons (Fsp3) is 0.727. The Morgan fingerprint density at radius 3 is 2.57 bits per heavy atom. The van der Waals surface area contributed by atoms with Gasteiger partial charge in [-0.3, -0.25) is 9.80 Å². The summed E-state index contributed by atoms with van der Waals surface area (Å²) in [4.78, 5) is 14.9. The van der Waals surface area contributed by atoms with E-state index in [1.54, 1.807) is 0 Å². The second-order valence-electron chi connectivity index (χ2n) is 8.82. The van der Waals surface area contributed by atoms with Crippen LogP contribution >= 0.6 is 0 Å². The van der Waals surface area contributed by atoms with Crippen molar-refractivity contribution in [3.05, 3.63) is 35.1 Å². The molecule has 2 unspecified atom stereocenters. The van der Waals surface area contributed by atoms with Gasteiger partial charge in [0.1, 0.15) is 11.6 Å². The maximum absolute atomic E-state index is 6.13. The van der Waals surface area contributed by atoms with Crippen LogP contribution < -0.4 is 0 Å². The van der Waals surface area contributed by atoms with E-state index in [4.69, 9.17) is 14.4 Å². The van der Waals surface area contributed by atoms with Gasteiger partial charge in [-0.2, -0.15) is 0 Å². The molecule has 2 aromatic rings. The van der Waals surface area contributed by atoms with E-state index in [-0.39, 0.29) is 0 Å². The van der Waals surface area contributed by atoms with Crippen molar-refractivity contribution in [2.24, 2.45) is 0 Å². The number of likely N-dealkylation sites (N-methyl/N-ethyl adjacent to an activating group) is 2. The molecule has 2 aromatic heterocycles. The van der Waals surface area contributed by atoms with Crippen molar-refractivity contribution in [2.45, 2.75) is 78.4 Å². The van der Waals surface area contributed by atoms with Crippen molar-refractivity contribution in [3.63, 3.8) is 0 Å². The Hall–Kier alpha value is -1.66. The highest BCUT2D eigenvalue weighted by Gasteiger charge is 2.32. The molecule has 4 heterocycles. The minimum atomic E-state index is 0.333. The fourth-order valence-electron chi connectivity index (χ4n) is 4.53. The minimum Gasteiger partial charge on any atom is -0.444 e. The van der Waals surface area contributed by atoms with Crippen molar-refractivity contribution in [2.75, 3.05) is 26.2 Å². The summed E-state index contributed by atoms with van der Waals surface area (Å²) in [5.74, 6) is 4.36. The molecule has 6 nitrogen and oxygen atoms in total. The Balaban J connectivity index is 1.53. The maximum atomic E-state index is 6.13. The molecule has 0 aromatic carbocycles. The van der Waals surface area contributed by atoms with Crippen LogP contribution in [0.2, 0.25) is 0 Å². The van der Waals surface area contributed by atoms with Crippen molar-refractivity contribution >= 4 is 0 Å². The van der Waals surface area contributed by atoms with Crippen LogP contribution in [0.3, 0.4) is 0 Å². The van der Waals surface area contributed by atoms with Crippen molar-refractivity contribution in [1.82, 2.24) is 24.3 Å². The van der Waals surface area contributed by atoms with E-state index in [0.717, 1.165) is 63.9 Å². The normalized spacial score (nSPS) is 21.7. The number of imidazole rings is 1. The Morgan fingerprint density at radius 1 is 1.07 bits per heavy atom. The first kappa shape index (κ1) is 19.6. The van der Waals surface area contributed by atoms with Gasteiger partial charge in [-0.05, 0) is 19.5 Å². The predicted octanol–water partition coefficient (Wildman–Crippen LogP) is 3.94. The van der Waals surface area contributed by atoms with E-state index in [1.165, 1.54) is 17.2 Å². The molecule has 2 aliphatic heterocycles. The molecule has 0 bridgehead atoms. The van der Waals surface area contributed by atoms with E-state index in [1.807, 2.05) is 0 Å². The number of hydrogen-bond donors (Lipinski definition) is 0. The van der Waals surface area contributed by atoms with E-state index < -0.39 is 0 Å². The molecule has 0 saturated carbocycles. The third kappa shape index (κ3) is 3.77. The number of aromatic nitrogens is 3. The van der Waals surface area contributed by atoms with Gasteiger partial charge in [-0.25, -0.2) is 9.97 Å². The Bertz CT molecular complexity index is 808. The average molecular weight is 386 g/mol. The van der Waals surface area contributed by atoms with Gasteiger partial charge in [-0.1, -0.05) is 34.6 Å². The monoisotopic (exact) mass is 385 g/mol. The Kier molecular flexibility index (Phi) is 5.61. The van der Waals surface area contributed by atoms with Crippen LogP contribution in [-0.4, -0.2) is 50.5 Å². The van der Waals surface area contributed by atoms with Gasteiger partial charge in [0.05, 0.1) is 24.5 Å². The quantitative estimate of drug-likeness (QED) is 0.754. The molecular formula is C22H35N5O. The van der Waals surface area contributed by atoms with Gasteiger partial charge >= 0.3 is 0 Å². The molecule has 0 N–H and O–H groups in total. The largest absolute Gasteiger partial charge is 0.444 e. The summed E-state index contributed by atoms with van der Waals surface area (Å²) in [5.41, 5.74) is 2.43. The molecule has 0 saturated heterocycles. The van der Waals surface area contributed by atoms with Crippen molar-refractivity contribution < 1.29 is 4.42 Å². The average Bonchev–Trinajstić information content (AvgIpc) is 3.31. The lowest BCUT2D eigenvalue weighted by Crippen LogP contribution is -2.33. The van der Waals surface area contributed by atoms with Crippen LogP contribution in [0.4, 0.5) is 0 Å². The first-order chi connectivity index (χ1) is 13.5. The highest BCUT2D eigenvalue weighted by Crippen LogP contribution is 2.36. The predicted molar refractivity (Wildman–Crippen MR) is 110 cm³/mol. The van der Waals surface area contributed by atoms with E-state index in [9.17, 15) is 0 Å². The summed E-state index contributed by atoms with van der Waals surface area (Å²) in [5, 5.41) is 0. The van der Waals surface area contributed by atoms with Gasteiger partial charge in [0, 0.05) is 43.6 Å². The number of hydrogen-bond acceptors (Lipinski definition) is 5. The lowest BCUT2D eigenvalue weighted by atomic mass is 9.88. The summed E-state index contributed by atoms with van der Waals surface area (Å²) in [6.45, 7) is 18.3. The third-order valence-electron chi connectivity index (χ3n) is 6.41. The van der Waals surface area contributed by atoms with Crippen LogP contribution in [-0.2, 0) is 19.6 Å². The molecule has 2 atom stereocenters. The first-order valence-corrected chi connectivity index (χ1v) is 11.0. The van der Waals surface area contributed by atoms with Crippen LogP contribution in [0.1, 0.15) is 87.7 Å². The summed E-state index contributed by atoms with van der Waals surface area (Å²) in [6, 6.07) is 0. The lowest BCUT2D eigenvalue weighted by Gasteiger charge is -2.31. The lowest BCUT2D eigenvalue weighted by molar-refractivity contribution is 0.207. The van der Waals surface area contributed by atoms with E-state index in [2.05, 4.69) is 55.2 Å². The molecule has 0 amide bonds. The number of fused-ring (bicyclic) bond motifs is 2. The van der Waals surface area contributed by atoms with Gasteiger partial charge < -0.3 is 8.98 Å². The topological polar surface area (TPSA) is 50.3 Å². The zero-order chi connectivity index (χ0) is 19.8. The van der Waals surface area contributed by atoms with E-state index >= 15 is 0 Å².